The van der Waals surface area contributed by atoms with Crippen LogP contribution < -0.4 is 5.32 Å². The molecular weight excluding hydrogens is 232 g/mol. The van der Waals surface area contributed by atoms with Crippen LogP contribution >= 0.6 is 0 Å². The first-order valence-corrected chi connectivity index (χ1v) is 5.91. The molecule has 0 aliphatic rings. The zero-order valence-corrected chi connectivity index (χ0v) is 10.6. The van der Waals surface area contributed by atoms with E-state index in [-0.39, 0.29) is 11.9 Å². The minimum absolute atomic E-state index is 0.139. The number of aliphatic carboxylic acids is 1. The van der Waals surface area contributed by atoms with E-state index in [1.807, 2.05) is 12.1 Å². The van der Waals surface area contributed by atoms with Gasteiger partial charge in [0.2, 0.25) is 5.91 Å². The second-order valence-electron chi connectivity index (χ2n) is 4.34. The first kappa shape index (κ1) is 14.2. The molecule has 0 saturated carbocycles. The molecule has 1 aromatic heterocycles. The number of rotatable bonds is 6. The number of aromatic nitrogens is 1. The molecule has 2 atom stereocenters. The number of pyridine rings is 1. The largest absolute Gasteiger partial charge is 0.481 e. The second-order valence-corrected chi connectivity index (χ2v) is 4.34. The van der Waals surface area contributed by atoms with Gasteiger partial charge in [0.1, 0.15) is 0 Å². The van der Waals surface area contributed by atoms with Crippen molar-refractivity contribution in [2.75, 3.05) is 0 Å². The normalized spacial score (nSPS) is 13.7. The van der Waals surface area contributed by atoms with E-state index >= 15 is 0 Å². The van der Waals surface area contributed by atoms with Crippen LogP contribution in [0.5, 0.6) is 0 Å². The van der Waals surface area contributed by atoms with Crippen LogP contribution in [0.4, 0.5) is 0 Å². The van der Waals surface area contributed by atoms with E-state index in [1.54, 1.807) is 26.2 Å². The van der Waals surface area contributed by atoms with Crippen molar-refractivity contribution in [1.29, 1.82) is 0 Å². The fourth-order valence-corrected chi connectivity index (χ4v) is 1.47. The molecule has 2 N–H and O–H groups in total. The van der Waals surface area contributed by atoms with Gasteiger partial charge in [0.25, 0.3) is 0 Å². The SMILES string of the molecule is CC(NC(=O)CCc1cccnc1)C(C)C(=O)O. The zero-order valence-electron chi connectivity index (χ0n) is 10.6. The Morgan fingerprint density at radius 1 is 1.44 bits per heavy atom. The maximum absolute atomic E-state index is 11.6. The molecule has 1 aromatic rings. The van der Waals surface area contributed by atoms with E-state index in [0.29, 0.717) is 12.8 Å². The van der Waals surface area contributed by atoms with Crippen molar-refractivity contribution in [2.45, 2.75) is 32.7 Å². The van der Waals surface area contributed by atoms with E-state index in [4.69, 9.17) is 5.11 Å². The first-order valence-electron chi connectivity index (χ1n) is 5.91. The van der Waals surface area contributed by atoms with Crippen molar-refractivity contribution in [2.24, 2.45) is 5.92 Å². The smallest absolute Gasteiger partial charge is 0.308 e. The van der Waals surface area contributed by atoms with Gasteiger partial charge in [-0.2, -0.15) is 0 Å². The van der Waals surface area contributed by atoms with Crippen LogP contribution in [-0.4, -0.2) is 28.0 Å². The molecule has 5 nitrogen and oxygen atoms in total. The lowest BCUT2D eigenvalue weighted by atomic mass is 10.0. The monoisotopic (exact) mass is 250 g/mol. The Bertz CT molecular complexity index is 406. The van der Waals surface area contributed by atoms with Crippen LogP contribution in [0.25, 0.3) is 0 Å². The van der Waals surface area contributed by atoms with Gasteiger partial charge in [-0.1, -0.05) is 6.07 Å². The molecule has 0 saturated heterocycles. The van der Waals surface area contributed by atoms with Crippen molar-refractivity contribution in [1.82, 2.24) is 10.3 Å². The number of carbonyl (C=O) groups excluding carboxylic acids is 1. The van der Waals surface area contributed by atoms with Crippen LogP contribution in [0.1, 0.15) is 25.8 Å². The molecule has 1 heterocycles. The Morgan fingerprint density at radius 3 is 2.72 bits per heavy atom. The van der Waals surface area contributed by atoms with Gasteiger partial charge >= 0.3 is 5.97 Å². The minimum Gasteiger partial charge on any atom is -0.481 e. The van der Waals surface area contributed by atoms with Crippen molar-refractivity contribution in [3.63, 3.8) is 0 Å². The quantitative estimate of drug-likeness (QED) is 0.796. The maximum Gasteiger partial charge on any atom is 0.308 e. The molecule has 5 heteroatoms. The lowest BCUT2D eigenvalue weighted by molar-refractivity contribution is -0.142. The molecule has 2 unspecified atom stereocenters. The van der Waals surface area contributed by atoms with E-state index < -0.39 is 11.9 Å². The summed E-state index contributed by atoms with van der Waals surface area (Å²) in [5.74, 6) is -1.64. The summed E-state index contributed by atoms with van der Waals surface area (Å²) >= 11 is 0. The Balaban J connectivity index is 2.36. The summed E-state index contributed by atoms with van der Waals surface area (Å²) in [6.45, 7) is 3.27. The molecule has 0 spiro atoms. The summed E-state index contributed by atoms with van der Waals surface area (Å²) in [6, 6.07) is 3.36. The number of carboxylic acids is 1. The lowest BCUT2D eigenvalue weighted by Gasteiger charge is -2.17. The third kappa shape index (κ3) is 4.53. The van der Waals surface area contributed by atoms with Gasteiger partial charge in [0, 0.05) is 24.9 Å². The van der Waals surface area contributed by atoms with E-state index in [0.717, 1.165) is 5.56 Å². The van der Waals surface area contributed by atoms with E-state index in [9.17, 15) is 9.59 Å². The summed E-state index contributed by atoms with van der Waals surface area (Å²) in [5.41, 5.74) is 0.992. The van der Waals surface area contributed by atoms with Gasteiger partial charge in [-0.25, -0.2) is 0 Å². The van der Waals surface area contributed by atoms with Gasteiger partial charge in [0.05, 0.1) is 5.92 Å². The van der Waals surface area contributed by atoms with Gasteiger partial charge < -0.3 is 10.4 Å². The number of carboxylic acid groups (broad SMARTS) is 1. The summed E-state index contributed by atoms with van der Waals surface area (Å²) in [5, 5.41) is 11.5. The van der Waals surface area contributed by atoms with Crippen LogP contribution in [-0.2, 0) is 16.0 Å². The molecule has 0 aliphatic heterocycles. The second kappa shape index (κ2) is 6.74. The maximum atomic E-state index is 11.6. The molecule has 0 radical (unpaired) electrons. The number of nitrogens with zero attached hydrogens (tertiary/aromatic N) is 1. The highest BCUT2D eigenvalue weighted by atomic mass is 16.4. The summed E-state index contributed by atoms with van der Waals surface area (Å²) in [6.07, 6.45) is 4.34. The van der Waals surface area contributed by atoms with Crippen LogP contribution in [0.2, 0.25) is 0 Å². The van der Waals surface area contributed by atoms with Gasteiger partial charge in [-0.15, -0.1) is 0 Å². The summed E-state index contributed by atoms with van der Waals surface area (Å²) < 4.78 is 0. The van der Waals surface area contributed by atoms with Crippen LogP contribution in [0, 0.1) is 5.92 Å². The zero-order chi connectivity index (χ0) is 13.5. The van der Waals surface area contributed by atoms with Crippen molar-refractivity contribution in [3.05, 3.63) is 30.1 Å². The standard InChI is InChI=1S/C13H18N2O3/c1-9(13(17)18)10(2)15-12(16)6-5-11-4-3-7-14-8-11/h3-4,7-10H,5-6H2,1-2H3,(H,15,16)(H,17,18). The Hall–Kier alpha value is -1.91. The lowest BCUT2D eigenvalue weighted by Crippen LogP contribution is -2.40. The summed E-state index contributed by atoms with van der Waals surface area (Å²) in [4.78, 5) is 26.3. The van der Waals surface area contributed by atoms with Gasteiger partial charge in [-0.3, -0.25) is 14.6 Å². The fourth-order valence-electron chi connectivity index (χ4n) is 1.47. The molecule has 0 fully saturated rings. The number of nitrogens with one attached hydrogen (secondary N) is 1. The predicted octanol–water partition coefficient (Wildman–Crippen LogP) is 1.24. The van der Waals surface area contributed by atoms with E-state index in [2.05, 4.69) is 10.3 Å². The molecule has 18 heavy (non-hydrogen) atoms. The molecular formula is C13H18N2O3. The van der Waals surface area contributed by atoms with Crippen molar-refractivity contribution in [3.8, 4) is 0 Å². The number of carbonyl (C=O) groups is 2. The Kier molecular flexibility index (Phi) is 5.30. The van der Waals surface area contributed by atoms with E-state index in [1.165, 1.54) is 0 Å². The van der Waals surface area contributed by atoms with Gasteiger partial charge in [0.15, 0.2) is 0 Å². The van der Waals surface area contributed by atoms with Crippen LogP contribution in [0.3, 0.4) is 0 Å². The first-order chi connectivity index (χ1) is 8.50. The Labute approximate surface area is 106 Å². The third-order valence-corrected chi connectivity index (χ3v) is 2.89. The highest BCUT2D eigenvalue weighted by Gasteiger charge is 2.20. The highest BCUT2D eigenvalue weighted by molar-refractivity contribution is 5.78. The highest BCUT2D eigenvalue weighted by Crippen LogP contribution is 2.04. The molecule has 0 aliphatic carbocycles. The molecule has 0 aromatic carbocycles. The van der Waals surface area contributed by atoms with Gasteiger partial charge in [-0.05, 0) is 31.9 Å². The average molecular weight is 250 g/mol. The fraction of sp³-hybridized carbons (Fsp3) is 0.462. The third-order valence-electron chi connectivity index (χ3n) is 2.89. The number of aryl methyl sites for hydroxylation is 1. The molecule has 98 valence electrons. The van der Waals surface area contributed by atoms with Crippen LogP contribution in [0.15, 0.2) is 24.5 Å². The number of hydrogen-bond donors (Lipinski definition) is 2. The predicted molar refractivity (Wildman–Crippen MR) is 67.0 cm³/mol. The molecule has 1 amide bonds. The van der Waals surface area contributed by atoms with Crippen molar-refractivity contribution < 1.29 is 14.7 Å². The molecule has 0 bridgehead atoms. The minimum atomic E-state index is -0.907. The number of hydrogen-bond acceptors (Lipinski definition) is 3. The number of amides is 1. The Morgan fingerprint density at radius 2 is 2.17 bits per heavy atom. The molecule has 1 rings (SSSR count). The topological polar surface area (TPSA) is 79.3 Å². The van der Waals surface area contributed by atoms with Crippen molar-refractivity contribution >= 4 is 11.9 Å². The average Bonchev–Trinajstić information content (AvgIpc) is 2.36. The summed E-state index contributed by atoms with van der Waals surface area (Å²) in [7, 11) is 0.